The van der Waals surface area contributed by atoms with E-state index in [4.69, 9.17) is 28.2 Å². The molecule has 5 heterocycles. The van der Waals surface area contributed by atoms with Crippen molar-refractivity contribution in [3.8, 4) is 17.2 Å². The lowest BCUT2D eigenvalue weighted by atomic mass is 9.93. The summed E-state index contributed by atoms with van der Waals surface area (Å²) in [5, 5.41) is 27.9. The number of hydrogen-bond donors (Lipinski definition) is 1. The Bertz CT molecular complexity index is 2200. The number of piperidine rings is 1. The minimum atomic E-state index is -0.576. The lowest BCUT2D eigenvalue weighted by Crippen LogP contribution is -2.57. The van der Waals surface area contributed by atoms with E-state index in [-0.39, 0.29) is 40.5 Å². The van der Waals surface area contributed by atoms with Gasteiger partial charge in [-0.05, 0) is 65.7 Å². The first-order valence-electron chi connectivity index (χ1n) is 16.6. The largest absolute Gasteiger partial charge is 0.351 e. The molecule has 15 heteroatoms. The van der Waals surface area contributed by atoms with Crippen molar-refractivity contribution >= 4 is 67.8 Å². The van der Waals surface area contributed by atoms with Crippen LogP contribution in [0.25, 0.3) is 44.0 Å². The molecule has 5 aromatic rings. The molecule has 2 aliphatic heterocycles. The maximum atomic E-state index is 17.2. The van der Waals surface area contributed by atoms with E-state index in [9.17, 15) is 10.1 Å². The molecule has 2 fully saturated rings. The van der Waals surface area contributed by atoms with E-state index in [1.54, 1.807) is 29.3 Å². The van der Waals surface area contributed by atoms with Crippen molar-refractivity contribution in [3.05, 3.63) is 51.9 Å². The highest BCUT2D eigenvalue weighted by molar-refractivity contribution is 6.36. The number of amides is 1. The van der Waals surface area contributed by atoms with E-state index in [2.05, 4.69) is 36.4 Å². The maximum absolute atomic E-state index is 17.2. The number of nitrogens with one attached hydrogen (secondary N) is 1. The van der Waals surface area contributed by atoms with Gasteiger partial charge in [-0.3, -0.25) is 9.89 Å². The number of benzene rings is 2. The van der Waals surface area contributed by atoms with Crippen LogP contribution in [0, 0.1) is 24.1 Å². The van der Waals surface area contributed by atoms with Gasteiger partial charge in [0.15, 0.2) is 17.2 Å². The first-order chi connectivity index (χ1) is 24.0. The molecule has 1 amide bonds. The number of H-pyrrole nitrogens is 1. The van der Waals surface area contributed by atoms with E-state index in [1.807, 2.05) is 50.8 Å². The summed E-state index contributed by atoms with van der Waals surface area (Å²) in [6.45, 7) is 4.30. The van der Waals surface area contributed by atoms with E-state index in [0.29, 0.717) is 94.4 Å². The van der Waals surface area contributed by atoms with Crippen molar-refractivity contribution in [2.75, 3.05) is 59.3 Å². The number of pyridine rings is 1. The zero-order valence-corrected chi connectivity index (χ0v) is 30.1. The molecule has 2 saturated heterocycles. The fraction of sp³-hybridized carbons (Fsp3) is 0.429. The number of carbonyl (C=O) groups is 1. The van der Waals surface area contributed by atoms with Crippen LogP contribution in [-0.4, -0.2) is 117 Å². The van der Waals surface area contributed by atoms with Gasteiger partial charge in [0.05, 0.1) is 35.3 Å². The molecule has 0 radical (unpaired) electrons. The highest BCUT2D eigenvalue weighted by Crippen LogP contribution is 2.45. The summed E-state index contributed by atoms with van der Waals surface area (Å²) in [7, 11) is 7.94. The highest BCUT2D eigenvalue weighted by atomic mass is 35.5. The Morgan fingerprint density at radius 3 is 2.64 bits per heavy atom. The Morgan fingerprint density at radius 2 is 1.92 bits per heavy atom. The van der Waals surface area contributed by atoms with Gasteiger partial charge in [-0.1, -0.05) is 34.5 Å². The number of aromatic nitrogens is 6. The molecule has 12 nitrogen and oxygen atoms in total. The number of halogens is 3. The molecule has 7 rings (SSSR count). The summed E-state index contributed by atoms with van der Waals surface area (Å²) in [4.78, 5) is 26.1. The Balaban J connectivity index is 1.37. The lowest BCUT2D eigenvalue weighted by molar-refractivity contribution is -0.130. The summed E-state index contributed by atoms with van der Waals surface area (Å²) in [6, 6.07) is 5.54. The van der Waals surface area contributed by atoms with Crippen LogP contribution in [0.2, 0.25) is 10.0 Å². The molecule has 0 aliphatic carbocycles. The fourth-order valence-corrected chi connectivity index (χ4v) is 7.69. The summed E-state index contributed by atoms with van der Waals surface area (Å²) < 4.78 is 19.0. The Kier molecular flexibility index (Phi) is 9.15. The van der Waals surface area contributed by atoms with Crippen LogP contribution in [0.1, 0.15) is 30.9 Å². The Hall–Kier alpha value is -4.35. The quantitative estimate of drug-likeness (QED) is 0.205. The summed E-state index contributed by atoms with van der Waals surface area (Å²) in [6.07, 6.45) is 6.29. The number of rotatable bonds is 8. The lowest BCUT2D eigenvalue weighted by Gasteiger charge is -2.43. The third-order valence-electron chi connectivity index (χ3n) is 10.0. The topological polar surface area (TPSA) is 126 Å². The third kappa shape index (κ3) is 5.84. The standard InChI is InChI=1S/C35H38Cl2FN11O/c1-19-25(36)15-27-24(16-40-42-27)29(19)30-26(37)14-23-32(31(30)38)41-35(47-17-22(18-47)46(4)5)33-34(23)49(44-43-33)21-9-12-48(20(13-21)8-10-39)28(50)7-6-11-45(2)3/h6-7,14-16,20-22H,8-9,11-13,17-18H2,1-5H3,(H,40,42)/b7-6+/t20-,21+/m1/s1. The average Bonchev–Trinajstić information content (AvgIpc) is 3.70. The molecule has 2 atom stereocenters. The average molecular weight is 719 g/mol. The number of aromatic amines is 1. The molecule has 50 heavy (non-hydrogen) atoms. The number of likely N-dealkylation sites (N-methyl/N-ethyl adjacent to an activating group) is 2. The first-order valence-corrected chi connectivity index (χ1v) is 17.3. The molecule has 2 aliphatic rings. The second-order valence-corrected chi connectivity index (χ2v) is 14.5. The van der Waals surface area contributed by atoms with Crippen molar-refractivity contribution in [1.29, 1.82) is 5.26 Å². The fourth-order valence-electron chi connectivity index (χ4n) is 7.20. The molecule has 2 aromatic carbocycles. The number of likely N-dealkylation sites (tertiary alicyclic amines) is 1. The van der Waals surface area contributed by atoms with Gasteiger partial charge in [0, 0.05) is 71.3 Å². The summed E-state index contributed by atoms with van der Waals surface area (Å²) in [5.74, 6) is -0.149. The monoisotopic (exact) mass is 717 g/mol. The van der Waals surface area contributed by atoms with Gasteiger partial charge in [0.2, 0.25) is 5.91 Å². The predicted molar refractivity (Wildman–Crippen MR) is 194 cm³/mol. The van der Waals surface area contributed by atoms with Gasteiger partial charge in [0.1, 0.15) is 11.0 Å². The van der Waals surface area contributed by atoms with Crippen molar-refractivity contribution < 1.29 is 9.18 Å². The number of carbonyl (C=O) groups excluding carboxylic acids is 1. The molecule has 0 saturated carbocycles. The van der Waals surface area contributed by atoms with Crippen molar-refractivity contribution in [2.24, 2.45) is 0 Å². The van der Waals surface area contributed by atoms with Gasteiger partial charge in [0.25, 0.3) is 0 Å². The van der Waals surface area contributed by atoms with Crippen LogP contribution in [0.15, 0.2) is 30.5 Å². The van der Waals surface area contributed by atoms with Gasteiger partial charge in [-0.25, -0.2) is 14.1 Å². The van der Waals surface area contributed by atoms with Crippen molar-refractivity contribution in [2.45, 2.75) is 44.3 Å². The number of fused-ring (bicyclic) bond motifs is 4. The van der Waals surface area contributed by atoms with Crippen LogP contribution >= 0.6 is 23.2 Å². The molecule has 1 N–H and O–H groups in total. The minimum absolute atomic E-state index is 0.122. The van der Waals surface area contributed by atoms with Crippen LogP contribution < -0.4 is 4.90 Å². The van der Waals surface area contributed by atoms with Crippen molar-refractivity contribution in [3.63, 3.8) is 0 Å². The van der Waals surface area contributed by atoms with Gasteiger partial charge in [-0.2, -0.15) is 10.4 Å². The van der Waals surface area contributed by atoms with Crippen molar-refractivity contribution in [1.82, 2.24) is 44.9 Å². The molecule has 0 spiro atoms. The molecule has 0 bridgehead atoms. The number of hydrogen-bond acceptors (Lipinski definition) is 9. The predicted octanol–water partition coefficient (Wildman–Crippen LogP) is 5.59. The molecule has 3 aromatic heterocycles. The SMILES string of the molecule is Cc1c(Cl)cc2[nH]ncc2c1-c1c(Cl)cc2c(nc(N3CC(N(C)C)C3)c3nnn([C@H]4CCN(C(=O)/C=C/CN(C)C)[C@H](CC#N)C4)c32)c1F. The Labute approximate surface area is 299 Å². The van der Waals surface area contributed by atoms with Crippen LogP contribution in [-0.2, 0) is 4.79 Å². The molecule has 0 unspecified atom stereocenters. The van der Waals surface area contributed by atoms with Crippen LogP contribution in [0.5, 0.6) is 0 Å². The second-order valence-electron chi connectivity index (χ2n) is 13.7. The molecule has 260 valence electrons. The number of nitrogens with zero attached hydrogens (tertiary/aromatic N) is 10. The first kappa shape index (κ1) is 34.1. The zero-order valence-electron chi connectivity index (χ0n) is 28.6. The normalized spacial score (nSPS) is 18.7. The second kappa shape index (κ2) is 13.4. The summed E-state index contributed by atoms with van der Waals surface area (Å²) in [5.41, 5.74) is 3.40. The van der Waals surface area contributed by atoms with Gasteiger partial charge < -0.3 is 19.6 Å². The number of nitriles is 1. The van der Waals surface area contributed by atoms with E-state index >= 15 is 4.39 Å². The summed E-state index contributed by atoms with van der Waals surface area (Å²) >= 11 is 13.6. The third-order valence-corrected chi connectivity index (χ3v) is 10.7. The van der Waals surface area contributed by atoms with Gasteiger partial charge in [-0.15, -0.1) is 5.10 Å². The van der Waals surface area contributed by atoms with Crippen LogP contribution in [0.4, 0.5) is 10.2 Å². The molecular weight excluding hydrogens is 680 g/mol. The Morgan fingerprint density at radius 1 is 1.14 bits per heavy atom. The van der Waals surface area contributed by atoms with Crippen LogP contribution in [0.3, 0.4) is 0 Å². The van der Waals surface area contributed by atoms with E-state index in [0.717, 1.165) is 0 Å². The zero-order chi connectivity index (χ0) is 35.4. The smallest absolute Gasteiger partial charge is 0.246 e. The highest BCUT2D eigenvalue weighted by Gasteiger charge is 2.36. The molecular formula is C35H38Cl2FN11O. The van der Waals surface area contributed by atoms with E-state index in [1.165, 1.54) is 0 Å². The van der Waals surface area contributed by atoms with E-state index < -0.39 is 5.82 Å². The maximum Gasteiger partial charge on any atom is 0.246 e. The number of anilines is 1. The van der Waals surface area contributed by atoms with Gasteiger partial charge >= 0.3 is 0 Å². The minimum Gasteiger partial charge on any atom is -0.351 e.